The lowest BCUT2D eigenvalue weighted by Crippen LogP contribution is -2.35. The van der Waals surface area contributed by atoms with Gasteiger partial charge in [-0.3, -0.25) is 4.79 Å². The van der Waals surface area contributed by atoms with E-state index in [1.807, 2.05) is 7.05 Å². The van der Waals surface area contributed by atoms with Crippen molar-refractivity contribution in [3.63, 3.8) is 0 Å². The van der Waals surface area contributed by atoms with Crippen LogP contribution in [-0.2, 0) is 11.2 Å². The molecule has 0 bridgehead atoms. The number of rotatable bonds is 5. The van der Waals surface area contributed by atoms with Gasteiger partial charge in [-0.15, -0.1) is 0 Å². The summed E-state index contributed by atoms with van der Waals surface area (Å²) in [6.07, 6.45) is 0.915. The van der Waals surface area contributed by atoms with Crippen LogP contribution in [0.2, 0.25) is 0 Å². The van der Waals surface area contributed by atoms with Crippen LogP contribution in [0.4, 0.5) is 0 Å². The van der Waals surface area contributed by atoms with Gasteiger partial charge in [-0.05, 0) is 38.4 Å². The molecule has 94 valence electrons. The van der Waals surface area contributed by atoms with Gasteiger partial charge in [0.05, 0.1) is 6.54 Å². The molecule has 17 heavy (non-hydrogen) atoms. The number of likely N-dealkylation sites (N-methyl/N-ethyl adjacent to an activating group) is 2. The molecule has 0 saturated carbocycles. The molecule has 0 atom stereocenters. The summed E-state index contributed by atoms with van der Waals surface area (Å²) in [5.41, 5.74) is 3.91. The number of hydrogen-bond donors (Lipinski definition) is 1. The Morgan fingerprint density at radius 1 is 1.35 bits per heavy atom. The fraction of sp³-hybridized carbons (Fsp3) is 0.500. The number of benzene rings is 1. The molecule has 1 amide bonds. The summed E-state index contributed by atoms with van der Waals surface area (Å²) in [4.78, 5) is 13.3. The van der Waals surface area contributed by atoms with Gasteiger partial charge in [0.2, 0.25) is 5.91 Å². The van der Waals surface area contributed by atoms with Gasteiger partial charge in [-0.25, -0.2) is 0 Å². The highest BCUT2D eigenvalue weighted by Crippen LogP contribution is 2.11. The maximum absolute atomic E-state index is 11.6. The summed E-state index contributed by atoms with van der Waals surface area (Å²) in [5.74, 6) is 0.136. The quantitative estimate of drug-likeness (QED) is 0.838. The lowest BCUT2D eigenvalue weighted by molar-refractivity contribution is -0.128. The Hall–Kier alpha value is -1.35. The summed E-state index contributed by atoms with van der Waals surface area (Å²) in [6, 6.07) is 6.46. The third-order valence-corrected chi connectivity index (χ3v) is 2.97. The van der Waals surface area contributed by atoms with Crippen LogP contribution in [-0.4, -0.2) is 38.0 Å². The van der Waals surface area contributed by atoms with E-state index in [0.29, 0.717) is 6.54 Å². The van der Waals surface area contributed by atoms with Crippen molar-refractivity contribution in [3.05, 3.63) is 34.9 Å². The third-order valence-electron chi connectivity index (χ3n) is 2.97. The van der Waals surface area contributed by atoms with Crippen LogP contribution in [0.15, 0.2) is 18.2 Å². The third kappa shape index (κ3) is 4.19. The molecular weight excluding hydrogens is 212 g/mol. The Bertz CT molecular complexity index is 388. The van der Waals surface area contributed by atoms with Crippen molar-refractivity contribution in [2.24, 2.45) is 0 Å². The molecule has 0 saturated heterocycles. The van der Waals surface area contributed by atoms with E-state index in [1.165, 1.54) is 16.7 Å². The molecule has 3 nitrogen and oxygen atoms in total. The van der Waals surface area contributed by atoms with E-state index < -0.39 is 0 Å². The highest BCUT2D eigenvalue weighted by molar-refractivity contribution is 5.77. The van der Waals surface area contributed by atoms with E-state index >= 15 is 0 Å². The molecule has 1 rings (SSSR count). The first kappa shape index (κ1) is 13.7. The first-order valence-electron chi connectivity index (χ1n) is 5.99. The largest absolute Gasteiger partial charge is 0.344 e. The zero-order valence-corrected chi connectivity index (χ0v) is 11.2. The van der Waals surface area contributed by atoms with Gasteiger partial charge in [0.1, 0.15) is 0 Å². The number of aryl methyl sites for hydroxylation is 2. The number of carbonyl (C=O) groups is 1. The van der Waals surface area contributed by atoms with E-state index in [9.17, 15) is 4.79 Å². The fourth-order valence-electron chi connectivity index (χ4n) is 1.83. The Morgan fingerprint density at radius 3 is 2.65 bits per heavy atom. The predicted octanol–water partition coefficient (Wildman–Crippen LogP) is 1.52. The van der Waals surface area contributed by atoms with Crippen LogP contribution < -0.4 is 5.32 Å². The van der Waals surface area contributed by atoms with Gasteiger partial charge in [-0.2, -0.15) is 0 Å². The lowest BCUT2D eigenvalue weighted by Gasteiger charge is -2.17. The Balaban J connectivity index is 2.52. The number of nitrogens with zero attached hydrogens (tertiary/aromatic N) is 1. The number of carbonyl (C=O) groups excluding carboxylic acids is 1. The fourth-order valence-corrected chi connectivity index (χ4v) is 1.83. The molecular formula is C14H22N2O. The summed E-state index contributed by atoms with van der Waals surface area (Å²) < 4.78 is 0. The van der Waals surface area contributed by atoms with Crippen molar-refractivity contribution in [1.29, 1.82) is 0 Å². The maximum atomic E-state index is 11.6. The average Bonchev–Trinajstić information content (AvgIpc) is 2.27. The SMILES string of the molecule is CNCC(=O)N(C)CCc1ccc(C)cc1C. The molecule has 0 aromatic heterocycles. The van der Waals surface area contributed by atoms with Crippen molar-refractivity contribution < 1.29 is 4.79 Å². The molecule has 1 aromatic carbocycles. The van der Waals surface area contributed by atoms with Crippen molar-refractivity contribution in [2.75, 3.05) is 27.2 Å². The molecule has 0 aliphatic carbocycles. The first-order chi connectivity index (χ1) is 8.04. The summed E-state index contributed by atoms with van der Waals surface area (Å²) in [5, 5.41) is 2.87. The lowest BCUT2D eigenvalue weighted by atomic mass is 10.0. The van der Waals surface area contributed by atoms with Crippen molar-refractivity contribution >= 4 is 5.91 Å². The van der Waals surface area contributed by atoms with E-state index in [-0.39, 0.29) is 5.91 Å². The Morgan fingerprint density at radius 2 is 2.06 bits per heavy atom. The van der Waals surface area contributed by atoms with Gasteiger partial charge in [0.15, 0.2) is 0 Å². The number of amides is 1. The van der Waals surface area contributed by atoms with Crippen molar-refractivity contribution in [3.8, 4) is 0 Å². The van der Waals surface area contributed by atoms with Crippen molar-refractivity contribution in [1.82, 2.24) is 10.2 Å². The zero-order chi connectivity index (χ0) is 12.8. The molecule has 0 fully saturated rings. The predicted molar refractivity (Wildman–Crippen MR) is 71.2 cm³/mol. The zero-order valence-electron chi connectivity index (χ0n) is 11.2. The second-order valence-corrected chi connectivity index (χ2v) is 4.53. The molecule has 1 aromatic rings. The van der Waals surface area contributed by atoms with Crippen LogP contribution in [0, 0.1) is 13.8 Å². The van der Waals surface area contributed by atoms with Crippen LogP contribution in [0.25, 0.3) is 0 Å². The van der Waals surface area contributed by atoms with E-state index in [4.69, 9.17) is 0 Å². The number of hydrogen-bond acceptors (Lipinski definition) is 2. The van der Waals surface area contributed by atoms with Gasteiger partial charge in [0.25, 0.3) is 0 Å². The second-order valence-electron chi connectivity index (χ2n) is 4.53. The summed E-state index contributed by atoms with van der Waals surface area (Å²) >= 11 is 0. The molecule has 0 unspecified atom stereocenters. The van der Waals surface area contributed by atoms with E-state index in [2.05, 4.69) is 37.4 Å². The minimum atomic E-state index is 0.136. The van der Waals surface area contributed by atoms with Gasteiger partial charge >= 0.3 is 0 Å². The van der Waals surface area contributed by atoms with Crippen LogP contribution in [0.1, 0.15) is 16.7 Å². The summed E-state index contributed by atoms with van der Waals surface area (Å²) in [6.45, 7) is 5.39. The first-order valence-corrected chi connectivity index (χ1v) is 5.99. The second kappa shape index (κ2) is 6.40. The topological polar surface area (TPSA) is 32.3 Å². The monoisotopic (exact) mass is 234 g/mol. The van der Waals surface area contributed by atoms with Crippen LogP contribution >= 0.6 is 0 Å². The molecule has 1 N–H and O–H groups in total. The normalized spacial score (nSPS) is 10.4. The Labute approximate surface area is 104 Å². The molecule has 0 radical (unpaired) electrons. The standard InChI is InChI=1S/C14H22N2O/c1-11-5-6-13(12(2)9-11)7-8-16(4)14(17)10-15-3/h5-6,9,15H,7-8,10H2,1-4H3. The smallest absolute Gasteiger partial charge is 0.236 e. The van der Waals surface area contributed by atoms with E-state index in [1.54, 1.807) is 11.9 Å². The van der Waals surface area contributed by atoms with Crippen molar-refractivity contribution in [2.45, 2.75) is 20.3 Å². The molecule has 0 spiro atoms. The molecule has 3 heteroatoms. The maximum Gasteiger partial charge on any atom is 0.236 e. The van der Waals surface area contributed by atoms with Gasteiger partial charge in [-0.1, -0.05) is 23.8 Å². The molecule has 0 aliphatic rings. The highest BCUT2D eigenvalue weighted by atomic mass is 16.2. The minimum Gasteiger partial charge on any atom is -0.344 e. The van der Waals surface area contributed by atoms with Gasteiger partial charge < -0.3 is 10.2 Å². The van der Waals surface area contributed by atoms with Crippen LogP contribution in [0.5, 0.6) is 0 Å². The van der Waals surface area contributed by atoms with Gasteiger partial charge in [0, 0.05) is 13.6 Å². The Kier molecular flexibility index (Phi) is 5.16. The molecule has 0 heterocycles. The van der Waals surface area contributed by atoms with Crippen LogP contribution in [0.3, 0.4) is 0 Å². The average molecular weight is 234 g/mol. The number of nitrogens with one attached hydrogen (secondary N) is 1. The summed E-state index contributed by atoms with van der Waals surface area (Å²) in [7, 11) is 3.64. The molecule has 0 aliphatic heterocycles. The highest BCUT2D eigenvalue weighted by Gasteiger charge is 2.07. The van der Waals surface area contributed by atoms with E-state index in [0.717, 1.165) is 13.0 Å². The minimum absolute atomic E-state index is 0.136.